The molecule has 1 atom stereocenters. The topological polar surface area (TPSA) is 68.4 Å². The number of benzene rings is 2. The third-order valence-electron chi connectivity index (χ3n) is 7.02. The molecule has 0 bridgehead atoms. The summed E-state index contributed by atoms with van der Waals surface area (Å²) in [5.74, 6) is 0.299. The highest BCUT2D eigenvalue weighted by Gasteiger charge is 2.43. The second-order valence-corrected chi connectivity index (χ2v) is 10.3. The number of nitrogens with zero attached hydrogens (tertiary/aromatic N) is 4. The maximum absolute atomic E-state index is 13.6. The van der Waals surface area contributed by atoms with Crippen LogP contribution in [0, 0.1) is 0 Å². The molecule has 0 spiro atoms. The van der Waals surface area contributed by atoms with Crippen molar-refractivity contribution < 1.29 is 14.3 Å². The van der Waals surface area contributed by atoms with Gasteiger partial charge in [0.15, 0.2) is 5.11 Å². The highest BCUT2D eigenvalue weighted by Crippen LogP contribution is 2.29. The molecule has 2 aliphatic heterocycles. The predicted octanol–water partition coefficient (Wildman–Crippen LogP) is 4.10. The average molecular weight is 558 g/mol. The van der Waals surface area contributed by atoms with E-state index in [1.807, 2.05) is 24.0 Å². The molecule has 2 aliphatic rings. The first-order chi connectivity index (χ1) is 18.4. The Hall–Kier alpha value is -2.72. The molecule has 2 fully saturated rings. The van der Waals surface area contributed by atoms with Crippen LogP contribution in [-0.2, 0) is 9.59 Å². The number of rotatable bonds is 11. The van der Waals surface area contributed by atoms with Crippen molar-refractivity contribution in [2.75, 3.05) is 62.6 Å². The van der Waals surface area contributed by atoms with E-state index in [-0.39, 0.29) is 18.2 Å². The van der Waals surface area contributed by atoms with E-state index in [1.54, 1.807) is 36.4 Å². The third-order valence-corrected chi connectivity index (χ3v) is 7.69. The van der Waals surface area contributed by atoms with E-state index in [0.717, 1.165) is 51.4 Å². The highest BCUT2D eigenvalue weighted by atomic mass is 35.5. The van der Waals surface area contributed by atoms with Crippen molar-refractivity contribution in [3.63, 3.8) is 0 Å². The number of hydrogen-bond acceptors (Lipinski definition) is 6. The molecule has 0 radical (unpaired) electrons. The van der Waals surface area contributed by atoms with E-state index >= 15 is 0 Å². The maximum Gasteiger partial charge on any atom is 0.256 e. The number of likely N-dealkylation sites (N-methyl/N-ethyl adjacent to an activating group) is 1. The number of carbonyl (C=O) groups excluding carboxylic acids is 2. The molecule has 1 N–H and O–H groups in total. The van der Waals surface area contributed by atoms with Crippen LogP contribution in [0.1, 0.15) is 26.7 Å². The Morgan fingerprint density at radius 3 is 2.29 bits per heavy atom. The predicted molar refractivity (Wildman–Crippen MR) is 156 cm³/mol. The van der Waals surface area contributed by atoms with E-state index in [1.165, 1.54) is 4.90 Å². The van der Waals surface area contributed by atoms with Gasteiger partial charge in [0.25, 0.3) is 5.91 Å². The van der Waals surface area contributed by atoms with Gasteiger partial charge in [0, 0.05) is 43.4 Å². The number of ether oxygens (including phenoxy) is 1. The van der Waals surface area contributed by atoms with Crippen molar-refractivity contribution in [1.82, 2.24) is 14.7 Å². The first-order valence-corrected chi connectivity index (χ1v) is 14.1. The molecule has 0 aliphatic carbocycles. The van der Waals surface area contributed by atoms with E-state index < -0.39 is 6.04 Å². The minimum atomic E-state index is -0.669. The summed E-state index contributed by atoms with van der Waals surface area (Å²) in [7, 11) is 0. The quantitative estimate of drug-likeness (QED) is 0.417. The Kier molecular flexibility index (Phi) is 9.96. The largest absolute Gasteiger partial charge is 0.494 e. The van der Waals surface area contributed by atoms with Gasteiger partial charge in [-0.3, -0.25) is 14.5 Å². The fraction of sp³-hybridized carbons (Fsp3) is 0.464. The van der Waals surface area contributed by atoms with Crippen LogP contribution in [0.5, 0.6) is 5.75 Å². The van der Waals surface area contributed by atoms with Crippen LogP contribution in [0.4, 0.5) is 11.4 Å². The molecule has 0 aromatic heterocycles. The Bertz CT molecular complexity index is 1110. The van der Waals surface area contributed by atoms with Gasteiger partial charge in [0.05, 0.1) is 18.7 Å². The fourth-order valence-electron chi connectivity index (χ4n) is 4.90. The van der Waals surface area contributed by atoms with Crippen LogP contribution in [0.25, 0.3) is 0 Å². The molecule has 2 aromatic rings. The van der Waals surface area contributed by atoms with E-state index in [0.29, 0.717) is 34.7 Å². The number of carbonyl (C=O) groups is 2. The molecule has 204 valence electrons. The van der Waals surface area contributed by atoms with Crippen molar-refractivity contribution in [3.8, 4) is 5.75 Å². The lowest BCUT2D eigenvalue weighted by Gasteiger charge is -2.34. The first-order valence-electron chi connectivity index (χ1n) is 13.3. The Morgan fingerprint density at radius 2 is 1.66 bits per heavy atom. The molecule has 0 unspecified atom stereocenters. The summed E-state index contributed by atoms with van der Waals surface area (Å²) in [4.78, 5) is 35.0. The minimum Gasteiger partial charge on any atom is -0.494 e. The highest BCUT2D eigenvalue weighted by molar-refractivity contribution is 7.80. The number of anilines is 2. The zero-order valence-corrected chi connectivity index (χ0v) is 23.6. The minimum absolute atomic E-state index is 0.00541. The van der Waals surface area contributed by atoms with Crippen LogP contribution in [-0.4, -0.2) is 90.1 Å². The van der Waals surface area contributed by atoms with Gasteiger partial charge in [0.2, 0.25) is 5.91 Å². The Labute approximate surface area is 235 Å². The smallest absolute Gasteiger partial charge is 0.256 e. The molecule has 0 saturated carbocycles. The molecule has 10 heteroatoms. The number of thiocarbonyl (C=S) groups is 1. The fourth-order valence-corrected chi connectivity index (χ4v) is 5.44. The lowest BCUT2D eigenvalue weighted by molar-refractivity contribution is -0.124. The van der Waals surface area contributed by atoms with Gasteiger partial charge in [-0.2, -0.15) is 0 Å². The van der Waals surface area contributed by atoms with Gasteiger partial charge in [-0.15, -0.1) is 0 Å². The Morgan fingerprint density at radius 1 is 1.00 bits per heavy atom. The standard InChI is InChI=1S/C28H36ClN5O3S/c1-3-31-16-18-32(19-17-31)14-5-15-33-25(20-26(35)30-22-8-12-24(13-9-22)37-4-2)27(36)34(28(33)38)23-10-6-21(29)7-11-23/h6-13,25H,3-5,14-20H2,1-2H3,(H,30,35)/t25-/m1/s1. The van der Waals surface area contributed by atoms with Crippen molar-refractivity contribution in [2.45, 2.75) is 32.7 Å². The maximum atomic E-state index is 13.6. The van der Waals surface area contributed by atoms with Gasteiger partial charge in [-0.25, -0.2) is 0 Å². The van der Waals surface area contributed by atoms with Crippen LogP contribution >= 0.6 is 23.8 Å². The van der Waals surface area contributed by atoms with Crippen molar-refractivity contribution in [1.29, 1.82) is 0 Å². The van der Waals surface area contributed by atoms with Crippen molar-refractivity contribution in [3.05, 3.63) is 53.6 Å². The monoisotopic (exact) mass is 557 g/mol. The van der Waals surface area contributed by atoms with Crippen molar-refractivity contribution >= 4 is 52.1 Å². The van der Waals surface area contributed by atoms with Crippen LogP contribution in [0.2, 0.25) is 5.02 Å². The van der Waals surface area contributed by atoms with Gasteiger partial charge in [-0.05, 0) is 87.2 Å². The van der Waals surface area contributed by atoms with Gasteiger partial charge in [0.1, 0.15) is 11.8 Å². The van der Waals surface area contributed by atoms with Crippen LogP contribution in [0.3, 0.4) is 0 Å². The van der Waals surface area contributed by atoms with Gasteiger partial charge < -0.3 is 24.8 Å². The lowest BCUT2D eigenvalue weighted by Crippen LogP contribution is -2.47. The normalized spacial score (nSPS) is 18.8. The number of amides is 2. The second-order valence-electron chi connectivity index (χ2n) is 9.48. The third kappa shape index (κ3) is 7.02. The molecule has 2 heterocycles. The molecule has 2 aromatic carbocycles. The zero-order valence-electron chi connectivity index (χ0n) is 22.1. The van der Waals surface area contributed by atoms with Crippen molar-refractivity contribution in [2.24, 2.45) is 0 Å². The molecule has 2 saturated heterocycles. The number of nitrogens with one attached hydrogen (secondary N) is 1. The molecule has 4 rings (SSSR count). The average Bonchev–Trinajstić information content (AvgIpc) is 3.15. The summed E-state index contributed by atoms with van der Waals surface area (Å²) in [5.41, 5.74) is 1.30. The SMILES string of the molecule is CCOc1ccc(NC(=O)C[C@@H]2C(=O)N(c3ccc(Cl)cc3)C(=S)N2CCCN2CCN(CC)CC2)cc1. The molecule has 2 amide bonds. The van der Waals surface area contributed by atoms with Gasteiger partial charge >= 0.3 is 0 Å². The zero-order chi connectivity index (χ0) is 27.1. The molecule has 38 heavy (non-hydrogen) atoms. The van der Waals surface area contributed by atoms with E-state index in [9.17, 15) is 9.59 Å². The molecular formula is C28H36ClN5O3S. The van der Waals surface area contributed by atoms with Crippen LogP contribution in [0.15, 0.2) is 48.5 Å². The summed E-state index contributed by atoms with van der Waals surface area (Å²) in [6.45, 7) is 11.5. The summed E-state index contributed by atoms with van der Waals surface area (Å²) in [6.07, 6.45) is 0.858. The first kappa shape index (κ1) is 28.3. The van der Waals surface area contributed by atoms with Gasteiger partial charge in [-0.1, -0.05) is 18.5 Å². The number of piperazine rings is 1. The molecular weight excluding hydrogens is 522 g/mol. The lowest BCUT2D eigenvalue weighted by atomic mass is 10.1. The van der Waals surface area contributed by atoms with E-state index in [4.69, 9.17) is 28.6 Å². The summed E-state index contributed by atoms with van der Waals surface area (Å²) < 4.78 is 5.47. The van der Waals surface area contributed by atoms with E-state index in [2.05, 4.69) is 22.0 Å². The number of halogens is 1. The Balaban J connectivity index is 1.43. The number of hydrogen-bond donors (Lipinski definition) is 1. The summed E-state index contributed by atoms with van der Waals surface area (Å²) in [5, 5.41) is 3.91. The summed E-state index contributed by atoms with van der Waals surface area (Å²) >= 11 is 11.9. The second kappa shape index (κ2) is 13.4. The molecule has 8 nitrogen and oxygen atoms in total. The summed E-state index contributed by atoms with van der Waals surface area (Å²) in [6, 6.07) is 13.6. The van der Waals surface area contributed by atoms with Crippen LogP contribution < -0.4 is 15.0 Å².